The molecule has 0 saturated heterocycles. The maximum atomic E-state index is 11.6. The molecule has 7 heteroatoms. The molecule has 0 aliphatic carbocycles. The maximum absolute atomic E-state index is 11.6. The van der Waals surface area contributed by atoms with Gasteiger partial charge in [0, 0.05) is 38.0 Å². The molecule has 1 aromatic heterocycles. The second-order valence-corrected chi connectivity index (χ2v) is 6.70. The Labute approximate surface area is 139 Å². The van der Waals surface area contributed by atoms with Crippen LogP contribution in [0.25, 0.3) is 0 Å². The quantitative estimate of drug-likeness (QED) is 0.609. The van der Waals surface area contributed by atoms with Crippen LogP contribution in [0.15, 0.2) is 15.9 Å². The molecule has 2 N–H and O–H groups in total. The van der Waals surface area contributed by atoms with Crippen LogP contribution in [-0.2, 0) is 16.0 Å². The van der Waals surface area contributed by atoms with Crippen LogP contribution in [0, 0.1) is 0 Å². The molecule has 0 bridgehead atoms. The standard InChI is InChI=1S/C13H21BrN2O2S.ClH/c1-18-10-9-15-7-8-16-13(17)4-2-3-11-5-6-12(14)19-11;/h5-6,15H,2-4,7-10H2,1H3,(H,16,17);1H. The third-order valence-corrected chi connectivity index (χ3v) is 4.25. The molecule has 20 heavy (non-hydrogen) atoms. The molecule has 0 spiro atoms. The zero-order valence-corrected chi connectivity index (χ0v) is 14.8. The summed E-state index contributed by atoms with van der Waals surface area (Å²) < 4.78 is 6.06. The first kappa shape index (κ1) is 19.9. The van der Waals surface area contributed by atoms with Gasteiger partial charge in [0.25, 0.3) is 0 Å². The zero-order chi connectivity index (χ0) is 13.9. The van der Waals surface area contributed by atoms with Gasteiger partial charge >= 0.3 is 0 Å². The van der Waals surface area contributed by atoms with E-state index in [9.17, 15) is 4.79 Å². The Balaban J connectivity index is 0.00000361. The predicted molar refractivity (Wildman–Crippen MR) is 90.0 cm³/mol. The van der Waals surface area contributed by atoms with Crippen molar-refractivity contribution in [1.29, 1.82) is 0 Å². The molecule has 1 aromatic rings. The normalized spacial score (nSPS) is 10.1. The van der Waals surface area contributed by atoms with Crippen molar-refractivity contribution in [2.24, 2.45) is 0 Å². The van der Waals surface area contributed by atoms with E-state index in [1.165, 1.54) is 4.88 Å². The van der Waals surface area contributed by atoms with E-state index >= 15 is 0 Å². The molecule has 116 valence electrons. The lowest BCUT2D eigenvalue weighted by Gasteiger charge is -2.06. The van der Waals surface area contributed by atoms with E-state index in [0.717, 1.165) is 29.7 Å². The molecule has 0 atom stereocenters. The minimum absolute atomic E-state index is 0. The SMILES string of the molecule is COCCNCCNC(=O)CCCc1ccc(Br)s1.Cl. The number of methoxy groups -OCH3 is 1. The fourth-order valence-electron chi connectivity index (χ4n) is 1.59. The minimum Gasteiger partial charge on any atom is -0.383 e. The summed E-state index contributed by atoms with van der Waals surface area (Å²) in [6.07, 6.45) is 2.46. The number of carbonyl (C=O) groups excluding carboxylic acids is 1. The summed E-state index contributed by atoms with van der Waals surface area (Å²) in [7, 11) is 1.68. The highest BCUT2D eigenvalue weighted by Gasteiger charge is 2.02. The Hall–Kier alpha value is -0.140. The van der Waals surface area contributed by atoms with Crippen LogP contribution in [0.2, 0.25) is 0 Å². The van der Waals surface area contributed by atoms with E-state index in [2.05, 4.69) is 32.6 Å². The van der Waals surface area contributed by atoms with Crippen LogP contribution in [0.4, 0.5) is 0 Å². The number of thiophene rings is 1. The number of rotatable bonds is 10. The largest absolute Gasteiger partial charge is 0.383 e. The van der Waals surface area contributed by atoms with E-state index in [1.807, 2.05) is 6.07 Å². The Morgan fingerprint density at radius 1 is 1.35 bits per heavy atom. The van der Waals surface area contributed by atoms with Crippen molar-refractivity contribution >= 4 is 45.6 Å². The van der Waals surface area contributed by atoms with Gasteiger partial charge in [-0.3, -0.25) is 4.79 Å². The van der Waals surface area contributed by atoms with E-state index in [1.54, 1.807) is 18.4 Å². The Kier molecular flexibility index (Phi) is 12.5. The van der Waals surface area contributed by atoms with Crippen LogP contribution in [0.5, 0.6) is 0 Å². The third-order valence-electron chi connectivity index (χ3n) is 2.56. The number of hydrogen-bond donors (Lipinski definition) is 2. The molecule has 0 saturated carbocycles. The second-order valence-electron chi connectivity index (χ2n) is 4.15. The first-order valence-corrected chi connectivity index (χ1v) is 8.04. The molecule has 0 aliphatic rings. The molecule has 0 fully saturated rings. The van der Waals surface area contributed by atoms with Gasteiger partial charge < -0.3 is 15.4 Å². The van der Waals surface area contributed by atoms with Gasteiger partial charge in [-0.1, -0.05) is 0 Å². The average Bonchev–Trinajstić information content (AvgIpc) is 2.79. The van der Waals surface area contributed by atoms with Gasteiger partial charge in [0.2, 0.25) is 5.91 Å². The van der Waals surface area contributed by atoms with Crippen LogP contribution < -0.4 is 10.6 Å². The van der Waals surface area contributed by atoms with Crippen molar-refractivity contribution in [3.8, 4) is 0 Å². The van der Waals surface area contributed by atoms with Crippen molar-refractivity contribution in [3.05, 3.63) is 20.8 Å². The number of nitrogens with one attached hydrogen (secondary N) is 2. The van der Waals surface area contributed by atoms with Gasteiger partial charge in [-0.25, -0.2) is 0 Å². The van der Waals surface area contributed by atoms with Gasteiger partial charge in [0.1, 0.15) is 0 Å². The number of carbonyl (C=O) groups is 1. The van der Waals surface area contributed by atoms with Crippen molar-refractivity contribution in [3.63, 3.8) is 0 Å². The molecule has 0 unspecified atom stereocenters. The van der Waals surface area contributed by atoms with Crippen LogP contribution >= 0.6 is 39.7 Å². The lowest BCUT2D eigenvalue weighted by molar-refractivity contribution is -0.121. The topological polar surface area (TPSA) is 50.4 Å². The second kappa shape index (κ2) is 12.6. The fraction of sp³-hybridized carbons (Fsp3) is 0.615. The lowest BCUT2D eigenvalue weighted by Crippen LogP contribution is -2.32. The van der Waals surface area contributed by atoms with Crippen LogP contribution in [0.1, 0.15) is 17.7 Å². The number of halogens is 2. The highest BCUT2D eigenvalue weighted by Crippen LogP contribution is 2.23. The molecule has 0 aromatic carbocycles. The van der Waals surface area contributed by atoms with Gasteiger partial charge in [-0.15, -0.1) is 23.7 Å². The summed E-state index contributed by atoms with van der Waals surface area (Å²) in [5, 5.41) is 6.09. The van der Waals surface area contributed by atoms with Crippen molar-refractivity contribution in [2.75, 3.05) is 33.4 Å². The van der Waals surface area contributed by atoms with Gasteiger partial charge in [0.05, 0.1) is 10.4 Å². The van der Waals surface area contributed by atoms with E-state index < -0.39 is 0 Å². The number of aryl methyl sites for hydroxylation is 1. The third kappa shape index (κ3) is 9.72. The smallest absolute Gasteiger partial charge is 0.220 e. The highest BCUT2D eigenvalue weighted by molar-refractivity contribution is 9.11. The van der Waals surface area contributed by atoms with Crippen LogP contribution in [0.3, 0.4) is 0 Å². The minimum atomic E-state index is 0. The number of hydrogen-bond acceptors (Lipinski definition) is 4. The van der Waals surface area contributed by atoms with Crippen molar-refractivity contribution < 1.29 is 9.53 Å². The maximum Gasteiger partial charge on any atom is 0.220 e. The molecule has 1 rings (SSSR count). The van der Waals surface area contributed by atoms with Gasteiger partial charge in [-0.05, 0) is 40.9 Å². The first-order chi connectivity index (χ1) is 9.22. The Morgan fingerprint density at radius 2 is 2.15 bits per heavy atom. The molecule has 4 nitrogen and oxygen atoms in total. The van der Waals surface area contributed by atoms with E-state index in [4.69, 9.17) is 4.74 Å². The molecule has 0 aliphatic heterocycles. The van der Waals surface area contributed by atoms with Crippen molar-refractivity contribution in [1.82, 2.24) is 10.6 Å². The van der Waals surface area contributed by atoms with Crippen LogP contribution in [-0.4, -0.2) is 39.3 Å². The molecule has 0 radical (unpaired) electrons. The molecule has 1 amide bonds. The summed E-state index contributed by atoms with van der Waals surface area (Å²) >= 11 is 5.17. The highest BCUT2D eigenvalue weighted by atomic mass is 79.9. The Bertz CT molecular complexity index is 377. The first-order valence-electron chi connectivity index (χ1n) is 6.43. The lowest BCUT2D eigenvalue weighted by atomic mass is 10.2. The number of ether oxygens (including phenoxy) is 1. The van der Waals surface area contributed by atoms with Gasteiger partial charge in [-0.2, -0.15) is 0 Å². The summed E-state index contributed by atoms with van der Waals surface area (Å²) in [4.78, 5) is 12.9. The molecular weight excluding hydrogens is 364 g/mol. The summed E-state index contributed by atoms with van der Waals surface area (Å²) in [6.45, 7) is 2.98. The average molecular weight is 386 g/mol. The van der Waals surface area contributed by atoms with E-state index in [0.29, 0.717) is 19.6 Å². The molecular formula is C13H22BrClN2O2S. The number of amides is 1. The summed E-state index contributed by atoms with van der Waals surface area (Å²) in [5.74, 6) is 0.129. The summed E-state index contributed by atoms with van der Waals surface area (Å²) in [6, 6.07) is 4.15. The Morgan fingerprint density at radius 3 is 2.80 bits per heavy atom. The van der Waals surface area contributed by atoms with E-state index in [-0.39, 0.29) is 18.3 Å². The zero-order valence-electron chi connectivity index (χ0n) is 11.6. The summed E-state index contributed by atoms with van der Waals surface area (Å²) in [5.41, 5.74) is 0. The predicted octanol–water partition coefficient (Wildman–Crippen LogP) is 2.61. The monoisotopic (exact) mass is 384 g/mol. The fourth-order valence-corrected chi connectivity index (χ4v) is 3.11. The van der Waals surface area contributed by atoms with Crippen molar-refractivity contribution in [2.45, 2.75) is 19.3 Å². The van der Waals surface area contributed by atoms with Gasteiger partial charge in [0.15, 0.2) is 0 Å². The molecule has 1 heterocycles.